The molecule has 1 atom stereocenters. The van der Waals surface area contributed by atoms with E-state index in [1.807, 2.05) is 0 Å². The summed E-state index contributed by atoms with van der Waals surface area (Å²) in [6.45, 7) is 4.60. The monoisotopic (exact) mass is 309 g/mol. The van der Waals surface area contributed by atoms with Gasteiger partial charge in [-0.15, -0.1) is 0 Å². The predicted octanol–water partition coefficient (Wildman–Crippen LogP) is 2.36. The van der Waals surface area contributed by atoms with Crippen molar-refractivity contribution in [3.63, 3.8) is 0 Å². The van der Waals surface area contributed by atoms with Crippen LogP contribution in [0.5, 0.6) is 0 Å². The van der Waals surface area contributed by atoms with Gasteiger partial charge in [0.1, 0.15) is 0 Å². The van der Waals surface area contributed by atoms with E-state index in [0.29, 0.717) is 0 Å². The van der Waals surface area contributed by atoms with Crippen LogP contribution >= 0.6 is 8.60 Å². The molecule has 0 aliphatic carbocycles. The van der Waals surface area contributed by atoms with E-state index < -0.39 is 8.60 Å². The Morgan fingerprint density at radius 1 is 1.23 bits per heavy atom. The summed E-state index contributed by atoms with van der Waals surface area (Å²) in [7, 11) is -2.62. The summed E-state index contributed by atoms with van der Waals surface area (Å²) in [6.07, 6.45) is 5.73. The summed E-state index contributed by atoms with van der Waals surface area (Å²) in [5, 5.41) is 0. The van der Waals surface area contributed by atoms with E-state index in [4.69, 9.17) is 14.7 Å². The first kappa shape index (κ1) is 16.7. The summed E-state index contributed by atoms with van der Waals surface area (Å²) in [4.78, 5) is 21.7. The average Bonchev–Trinajstić information content (AvgIpc) is 2.06. The summed E-state index contributed by atoms with van der Waals surface area (Å²) in [5.41, 5.74) is 0. The molecule has 0 bridgehead atoms. The van der Waals surface area contributed by atoms with Crippen molar-refractivity contribution in [3.05, 3.63) is 0 Å². The summed E-state index contributed by atoms with van der Waals surface area (Å²) in [6, 6.07) is 0. The molecule has 0 radical (unpaired) electrons. The molecule has 0 aromatic carbocycles. The van der Waals surface area contributed by atoms with Crippen LogP contribution < -0.4 is 0 Å². The molecule has 0 aliphatic rings. The van der Waals surface area contributed by atoms with Crippen LogP contribution in [0.4, 0.5) is 0 Å². The maximum absolute atomic E-state index is 7.23. The quantitative estimate of drug-likeness (QED) is 0.540. The second-order valence-corrected chi connectivity index (χ2v) is 5.16. The minimum absolute atomic E-state index is 1.08. The molecular weight excluding hydrogens is 287 g/mol. The fraction of sp³-hybridized carbons (Fsp3) is 1.00. The molecule has 0 saturated heterocycles. The molecular formula is C8H20CdO3P. The summed E-state index contributed by atoms with van der Waals surface area (Å²) in [5.74, 6) is 1.08. The van der Waals surface area contributed by atoms with Crippen molar-refractivity contribution >= 4 is 8.60 Å². The van der Waals surface area contributed by atoms with Crippen LogP contribution in [0.3, 0.4) is 0 Å². The molecule has 0 aromatic rings. The first-order valence-electron chi connectivity index (χ1n) is 4.74. The molecule has 77 valence electrons. The Hall–Kier alpha value is 1.23. The van der Waals surface area contributed by atoms with Crippen molar-refractivity contribution in [3.8, 4) is 0 Å². The largest absolute Gasteiger partial charge is 0.328 e. The van der Waals surface area contributed by atoms with Crippen LogP contribution in [-0.2, 0) is 25.8 Å². The second kappa shape index (κ2) is 13.2. The van der Waals surface area contributed by atoms with Gasteiger partial charge in [0.15, 0.2) is 0 Å². The predicted molar refractivity (Wildman–Crippen MR) is 51.7 cm³/mol. The second-order valence-electron chi connectivity index (χ2n) is 2.97. The molecule has 0 amide bonds. The minimum Gasteiger partial charge on any atom is -0.328 e. The third-order valence-corrected chi connectivity index (χ3v) is 4.28. The molecule has 0 spiro atoms. The Morgan fingerprint density at radius 3 is 1.92 bits per heavy atom. The first-order chi connectivity index (χ1) is 6.08. The average molecular weight is 308 g/mol. The molecule has 0 aliphatic heterocycles. The van der Waals surface area contributed by atoms with E-state index in [9.17, 15) is 0 Å². The molecule has 3 N–H and O–H groups in total. The number of rotatable bonds is 5. The summed E-state index contributed by atoms with van der Waals surface area (Å²) < 4.78 is 1.54. The molecule has 0 fully saturated rings. The molecule has 0 heterocycles. The van der Waals surface area contributed by atoms with Gasteiger partial charge in [-0.1, -0.05) is 0 Å². The van der Waals surface area contributed by atoms with Crippen molar-refractivity contribution in [2.75, 3.05) is 0 Å². The Bertz CT molecular complexity index is 86.7. The van der Waals surface area contributed by atoms with Crippen molar-refractivity contribution in [2.24, 2.45) is 5.92 Å². The van der Waals surface area contributed by atoms with Crippen LogP contribution in [0, 0.1) is 5.92 Å². The van der Waals surface area contributed by atoms with E-state index in [0.717, 1.165) is 5.92 Å². The topological polar surface area (TPSA) is 60.7 Å². The molecule has 13 heavy (non-hydrogen) atoms. The van der Waals surface area contributed by atoms with Crippen LogP contribution in [0.25, 0.3) is 0 Å². The van der Waals surface area contributed by atoms with Gasteiger partial charge < -0.3 is 14.7 Å². The van der Waals surface area contributed by atoms with Crippen molar-refractivity contribution in [2.45, 2.75) is 43.5 Å². The van der Waals surface area contributed by atoms with Crippen LogP contribution in [0.2, 0.25) is 3.98 Å². The van der Waals surface area contributed by atoms with Gasteiger partial charge >= 0.3 is 83.8 Å². The molecule has 0 saturated carbocycles. The number of hydrogen-bond acceptors (Lipinski definition) is 3. The fourth-order valence-corrected chi connectivity index (χ4v) is 3.03. The standard InChI is InChI=1S/C8H17.Cd.H3O3P/c1-4-6-7-8(3)5-2;;1-4(2)3/h8H,3-7H2,1-2H3;;1-3H. The van der Waals surface area contributed by atoms with Crippen LogP contribution in [-0.4, -0.2) is 14.7 Å². The minimum atomic E-state index is -2.62. The first-order valence-corrected chi connectivity index (χ1v) is 8.79. The van der Waals surface area contributed by atoms with Gasteiger partial charge in [0.25, 0.3) is 0 Å². The van der Waals surface area contributed by atoms with Gasteiger partial charge in [-0.3, -0.25) is 0 Å². The molecule has 3 nitrogen and oxygen atoms in total. The van der Waals surface area contributed by atoms with E-state index in [1.54, 1.807) is 3.98 Å². The van der Waals surface area contributed by atoms with Gasteiger partial charge in [0, 0.05) is 0 Å². The third kappa shape index (κ3) is 19.6. The van der Waals surface area contributed by atoms with Crippen LogP contribution in [0.1, 0.15) is 39.5 Å². The van der Waals surface area contributed by atoms with Gasteiger partial charge in [0.05, 0.1) is 0 Å². The van der Waals surface area contributed by atoms with E-state index in [1.165, 1.54) is 51.5 Å². The van der Waals surface area contributed by atoms with Gasteiger partial charge in [-0.05, 0) is 0 Å². The van der Waals surface area contributed by atoms with E-state index in [2.05, 4.69) is 13.8 Å². The molecule has 0 rings (SSSR count). The maximum Gasteiger partial charge on any atom is 0.324 e. The van der Waals surface area contributed by atoms with Gasteiger partial charge in [-0.25, -0.2) is 0 Å². The summed E-state index contributed by atoms with van der Waals surface area (Å²) >= 11 is 1.20. The number of unbranched alkanes of at least 4 members (excludes halogenated alkanes) is 1. The smallest absolute Gasteiger partial charge is 0.324 e. The van der Waals surface area contributed by atoms with E-state index in [-0.39, 0.29) is 0 Å². The van der Waals surface area contributed by atoms with Crippen molar-refractivity contribution < 1.29 is 40.4 Å². The number of hydrogen-bond donors (Lipinski definition) is 3. The van der Waals surface area contributed by atoms with Crippen molar-refractivity contribution in [1.29, 1.82) is 0 Å². The third-order valence-electron chi connectivity index (χ3n) is 1.95. The maximum atomic E-state index is 7.23. The van der Waals surface area contributed by atoms with Gasteiger partial charge in [-0.2, -0.15) is 0 Å². The Balaban J connectivity index is 0. The molecule has 5 heteroatoms. The normalized spacial score (nSPS) is 12.3. The van der Waals surface area contributed by atoms with Crippen LogP contribution in [0.15, 0.2) is 0 Å². The SMILES string of the molecule is CCCCC(CC)[CH2][Cd].OP(O)O. The zero-order chi connectivity index (χ0) is 10.7. The molecule has 1 unspecified atom stereocenters. The Labute approximate surface area is 98.2 Å². The van der Waals surface area contributed by atoms with Crippen molar-refractivity contribution in [1.82, 2.24) is 0 Å². The van der Waals surface area contributed by atoms with Gasteiger partial charge in [0.2, 0.25) is 0 Å². The Morgan fingerprint density at radius 2 is 1.69 bits per heavy atom. The fourth-order valence-electron chi connectivity index (χ4n) is 1.05. The zero-order valence-electron chi connectivity index (χ0n) is 8.61. The molecule has 0 aromatic heterocycles. The van der Waals surface area contributed by atoms with E-state index >= 15 is 0 Å². The Kier molecular flexibility index (Phi) is 17.0. The zero-order valence-corrected chi connectivity index (χ0v) is 13.5.